The van der Waals surface area contributed by atoms with E-state index in [0.29, 0.717) is 6.29 Å². The van der Waals surface area contributed by atoms with Gasteiger partial charge in [0.2, 0.25) is 0 Å². The summed E-state index contributed by atoms with van der Waals surface area (Å²) >= 11 is 0. The second-order valence-electron chi connectivity index (χ2n) is 3.57. The lowest BCUT2D eigenvalue weighted by molar-refractivity contribution is -0.110. The van der Waals surface area contributed by atoms with E-state index < -0.39 is 27.8 Å². The van der Waals surface area contributed by atoms with Crippen molar-refractivity contribution < 1.29 is 22.2 Å². The molecule has 0 aliphatic carbocycles. The summed E-state index contributed by atoms with van der Waals surface area (Å²) in [6, 6.07) is 7.77. The number of aldehydes is 1. The number of rotatable bonds is 5. The van der Waals surface area contributed by atoms with Gasteiger partial charge >= 0.3 is 16.1 Å². The summed E-state index contributed by atoms with van der Waals surface area (Å²) in [5.41, 5.74) is 0.148. The Morgan fingerprint density at radius 1 is 1.35 bits per heavy atom. The molecule has 0 radical (unpaired) electrons. The van der Waals surface area contributed by atoms with Crippen molar-refractivity contribution in [1.82, 2.24) is 0 Å². The predicted molar refractivity (Wildman–Crippen MR) is 60.9 cm³/mol. The minimum absolute atomic E-state index is 0.148. The molecule has 0 aromatic heterocycles. The van der Waals surface area contributed by atoms with Crippen LogP contribution in [-0.4, -0.2) is 26.4 Å². The third-order valence-corrected chi connectivity index (χ3v) is 3.25. The van der Waals surface area contributed by atoms with Crippen molar-refractivity contribution in [1.29, 1.82) is 0 Å². The Hall–Kier alpha value is -1.69. The predicted octanol–water partition coefficient (Wildman–Crippen LogP) is 1.01. The lowest BCUT2D eigenvalue weighted by Gasteiger charge is -2.06. The molecule has 1 rings (SSSR count). The van der Waals surface area contributed by atoms with Crippen LogP contribution in [-0.2, 0) is 19.1 Å². The Morgan fingerprint density at radius 3 is 2.47 bits per heavy atom. The van der Waals surface area contributed by atoms with Crippen LogP contribution in [0.25, 0.3) is 0 Å². The molecule has 17 heavy (non-hydrogen) atoms. The SMILES string of the molecule is C[C@@H](C=O)CS(=O)(=O)OC(=O)c1ccccc1. The highest BCUT2D eigenvalue weighted by molar-refractivity contribution is 7.87. The molecule has 5 nitrogen and oxygen atoms in total. The summed E-state index contributed by atoms with van der Waals surface area (Å²) < 4.78 is 27.1. The Morgan fingerprint density at radius 2 is 1.94 bits per heavy atom. The van der Waals surface area contributed by atoms with Gasteiger partial charge in [-0.05, 0) is 12.1 Å². The average molecular weight is 256 g/mol. The second kappa shape index (κ2) is 5.58. The summed E-state index contributed by atoms with van der Waals surface area (Å²) in [4.78, 5) is 21.8. The number of hydrogen-bond acceptors (Lipinski definition) is 5. The Balaban J connectivity index is 2.72. The van der Waals surface area contributed by atoms with E-state index in [-0.39, 0.29) is 5.56 Å². The van der Waals surface area contributed by atoms with Crippen molar-refractivity contribution in [3.63, 3.8) is 0 Å². The minimum atomic E-state index is -4.02. The molecule has 0 saturated heterocycles. The molecule has 0 unspecified atom stereocenters. The first kappa shape index (κ1) is 13.4. The van der Waals surface area contributed by atoms with E-state index in [1.807, 2.05) is 0 Å². The van der Waals surface area contributed by atoms with Gasteiger partial charge < -0.3 is 8.98 Å². The van der Waals surface area contributed by atoms with Crippen molar-refractivity contribution >= 4 is 22.4 Å². The first-order valence-electron chi connectivity index (χ1n) is 4.91. The minimum Gasteiger partial charge on any atom is -0.341 e. The summed E-state index contributed by atoms with van der Waals surface area (Å²) in [5, 5.41) is 0. The van der Waals surface area contributed by atoms with E-state index in [9.17, 15) is 18.0 Å². The molecular formula is C11H12O5S. The van der Waals surface area contributed by atoms with E-state index in [2.05, 4.69) is 4.18 Å². The Labute approximate surface area is 99.5 Å². The van der Waals surface area contributed by atoms with Crippen LogP contribution >= 0.6 is 0 Å². The second-order valence-corrected chi connectivity index (χ2v) is 5.19. The molecule has 1 atom stereocenters. The Kier molecular flexibility index (Phi) is 4.39. The lowest BCUT2D eigenvalue weighted by Crippen LogP contribution is -2.20. The summed E-state index contributed by atoms with van der Waals surface area (Å²) in [7, 11) is -4.02. The fraction of sp³-hybridized carbons (Fsp3) is 0.273. The van der Waals surface area contributed by atoms with Crippen molar-refractivity contribution in [3.05, 3.63) is 35.9 Å². The summed E-state index contributed by atoms with van der Waals surface area (Å²) in [5.74, 6) is -2.15. The van der Waals surface area contributed by atoms with E-state index in [1.165, 1.54) is 19.1 Å². The van der Waals surface area contributed by atoms with E-state index >= 15 is 0 Å². The molecule has 0 heterocycles. The van der Waals surface area contributed by atoms with Gasteiger partial charge in [-0.25, -0.2) is 4.79 Å². The van der Waals surface area contributed by atoms with Gasteiger partial charge in [-0.2, -0.15) is 8.42 Å². The fourth-order valence-electron chi connectivity index (χ4n) is 1.13. The molecule has 1 aromatic carbocycles. The quantitative estimate of drug-likeness (QED) is 0.580. The molecule has 0 bridgehead atoms. The third-order valence-electron chi connectivity index (χ3n) is 1.91. The maximum Gasteiger partial charge on any atom is 0.353 e. The number of benzene rings is 1. The molecule has 1 aromatic rings. The molecule has 0 amide bonds. The van der Waals surface area contributed by atoms with Crippen LogP contribution in [0.15, 0.2) is 30.3 Å². The van der Waals surface area contributed by atoms with Gasteiger partial charge in [0.05, 0.1) is 11.3 Å². The zero-order valence-corrected chi connectivity index (χ0v) is 10.0. The van der Waals surface area contributed by atoms with Crippen molar-refractivity contribution in [2.24, 2.45) is 5.92 Å². The molecule has 92 valence electrons. The van der Waals surface area contributed by atoms with Crippen LogP contribution in [0, 0.1) is 5.92 Å². The maximum absolute atomic E-state index is 11.4. The highest BCUT2D eigenvalue weighted by atomic mass is 32.2. The average Bonchev–Trinajstić information content (AvgIpc) is 2.28. The van der Waals surface area contributed by atoms with Gasteiger partial charge in [0, 0.05) is 5.92 Å². The topological polar surface area (TPSA) is 77.5 Å². The monoisotopic (exact) mass is 256 g/mol. The van der Waals surface area contributed by atoms with Crippen molar-refractivity contribution in [2.75, 3.05) is 5.75 Å². The fourth-order valence-corrected chi connectivity index (χ4v) is 2.25. The van der Waals surface area contributed by atoms with Gasteiger partial charge in [0.15, 0.2) is 0 Å². The van der Waals surface area contributed by atoms with Gasteiger partial charge in [0.25, 0.3) is 0 Å². The highest BCUT2D eigenvalue weighted by Crippen LogP contribution is 2.07. The van der Waals surface area contributed by atoms with Gasteiger partial charge in [-0.3, -0.25) is 0 Å². The standard InChI is InChI=1S/C11H12O5S/c1-9(7-12)8-17(14,15)16-11(13)10-5-3-2-4-6-10/h2-7,9H,8H2,1H3/t9-/m0/s1. The summed E-state index contributed by atoms with van der Waals surface area (Å²) in [6.45, 7) is 1.43. The van der Waals surface area contributed by atoms with Crippen LogP contribution in [0.3, 0.4) is 0 Å². The normalized spacial score (nSPS) is 12.8. The molecular weight excluding hydrogens is 244 g/mol. The van der Waals surface area contributed by atoms with Crippen molar-refractivity contribution in [2.45, 2.75) is 6.92 Å². The van der Waals surface area contributed by atoms with Crippen LogP contribution in [0.5, 0.6) is 0 Å². The first-order chi connectivity index (χ1) is 7.94. The highest BCUT2D eigenvalue weighted by Gasteiger charge is 2.21. The van der Waals surface area contributed by atoms with E-state index in [1.54, 1.807) is 18.2 Å². The first-order valence-corrected chi connectivity index (χ1v) is 6.49. The zero-order chi connectivity index (χ0) is 12.9. The van der Waals surface area contributed by atoms with Gasteiger partial charge in [-0.1, -0.05) is 25.1 Å². The zero-order valence-electron chi connectivity index (χ0n) is 9.20. The van der Waals surface area contributed by atoms with Gasteiger partial charge in [-0.15, -0.1) is 0 Å². The van der Waals surface area contributed by atoms with E-state index in [0.717, 1.165) is 0 Å². The third kappa shape index (κ3) is 4.36. The van der Waals surface area contributed by atoms with Crippen molar-refractivity contribution in [3.8, 4) is 0 Å². The molecule has 6 heteroatoms. The van der Waals surface area contributed by atoms with Gasteiger partial charge in [0.1, 0.15) is 6.29 Å². The smallest absolute Gasteiger partial charge is 0.341 e. The molecule has 0 aliphatic rings. The molecule has 0 saturated carbocycles. The molecule has 0 spiro atoms. The Bertz CT molecular complexity index is 492. The van der Waals surface area contributed by atoms with Crippen LogP contribution < -0.4 is 0 Å². The van der Waals surface area contributed by atoms with Crippen LogP contribution in [0.4, 0.5) is 0 Å². The number of carbonyl (C=O) groups excluding carboxylic acids is 2. The van der Waals surface area contributed by atoms with Crippen LogP contribution in [0.1, 0.15) is 17.3 Å². The number of carbonyl (C=O) groups is 2. The van der Waals surface area contributed by atoms with E-state index in [4.69, 9.17) is 0 Å². The molecule has 0 aliphatic heterocycles. The van der Waals surface area contributed by atoms with Crippen LogP contribution in [0.2, 0.25) is 0 Å². The lowest BCUT2D eigenvalue weighted by atomic mass is 10.2. The molecule has 0 fully saturated rings. The largest absolute Gasteiger partial charge is 0.353 e. The summed E-state index contributed by atoms with van der Waals surface area (Å²) in [6.07, 6.45) is 0.494. The maximum atomic E-state index is 11.4. The molecule has 0 N–H and O–H groups in total. The number of hydrogen-bond donors (Lipinski definition) is 0.